The number of hydrogen-bond acceptors (Lipinski definition) is 4. The molecule has 3 atom stereocenters. The summed E-state index contributed by atoms with van der Waals surface area (Å²) in [5.41, 5.74) is 0.714. The van der Waals surface area contributed by atoms with Gasteiger partial charge in [0.1, 0.15) is 5.75 Å². The van der Waals surface area contributed by atoms with E-state index >= 15 is 0 Å². The lowest BCUT2D eigenvalue weighted by Crippen LogP contribution is -2.61. The Balaban J connectivity index is 1.61. The van der Waals surface area contributed by atoms with Crippen LogP contribution in [0.2, 0.25) is 0 Å². The Morgan fingerprint density at radius 3 is 2.58 bits per heavy atom. The zero-order valence-electron chi connectivity index (χ0n) is 17.1. The summed E-state index contributed by atoms with van der Waals surface area (Å²) in [5.74, 6) is 0.0474. The third-order valence-corrected chi connectivity index (χ3v) is 5.11. The van der Waals surface area contributed by atoms with Gasteiger partial charge in [-0.2, -0.15) is 13.2 Å². The van der Waals surface area contributed by atoms with Gasteiger partial charge in [0.25, 0.3) is 0 Å². The largest absolute Gasteiger partial charge is 0.497 e. The fraction of sp³-hybridized carbons (Fsp3) is 0.364. The minimum Gasteiger partial charge on any atom is -0.497 e. The number of carbonyl (C=O) groups excluding carboxylic acids is 2. The van der Waals surface area contributed by atoms with Crippen molar-refractivity contribution in [2.24, 2.45) is 0 Å². The van der Waals surface area contributed by atoms with Gasteiger partial charge in [-0.25, -0.2) is 0 Å². The third kappa shape index (κ3) is 5.97. The number of ether oxygens (including phenoxy) is 1. The van der Waals surface area contributed by atoms with Gasteiger partial charge >= 0.3 is 6.18 Å². The Kier molecular flexibility index (Phi) is 6.84. The molecule has 2 unspecified atom stereocenters. The summed E-state index contributed by atoms with van der Waals surface area (Å²) < 4.78 is 43.4. The van der Waals surface area contributed by atoms with Crippen molar-refractivity contribution < 1.29 is 27.5 Å². The quantitative estimate of drug-likeness (QED) is 0.652. The highest BCUT2D eigenvalue weighted by molar-refractivity contribution is 5.89. The summed E-state index contributed by atoms with van der Waals surface area (Å²) in [7, 11) is 1.57. The van der Waals surface area contributed by atoms with E-state index in [0.29, 0.717) is 17.7 Å². The second-order valence-corrected chi connectivity index (χ2v) is 7.45. The molecule has 2 aromatic rings. The molecule has 1 aliphatic heterocycles. The van der Waals surface area contributed by atoms with E-state index in [0.717, 1.165) is 17.7 Å². The van der Waals surface area contributed by atoms with Crippen LogP contribution in [0.5, 0.6) is 5.75 Å². The number of hydrogen-bond donors (Lipinski definition) is 3. The van der Waals surface area contributed by atoms with Gasteiger partial charge in [-0.3, -0.25) is 14.9 Å². The minimum absolute atomic E-state index is 0.0276. The molecule has 1 fully saturated rings. The van der Waals surface area contributed by atoms with Crippen LogP contribution in [0.4, 0.5) is 13.2 Å². The Hall–Kier alpha value is -3.07. The van der Waals surface area contributed by atoms with Crippen molar-refractivity contribution in [1.29, 1.82) is 0 Å². The van der Waals surface area contributed by atoms with Gasteiger partial charge in [-0.1, -0.05) is 24.3 Å². The van der Waals surface area contributed by atoms with Crippen LogP contribution in [0.15, 0.2) is 48.5 Å². The van der Waals surface area contributed by atoms with Crippen molar-refractivity contribution in [2.75, 3.05) is 7.11 Å². The van der Waals surface area contributed by atoms with E-state index in [1.54, 1.807) is 14.0 Å². The maximum absolute atomic E-state index is 12.7. The fourth-order valence-corrected chi connectivity index (χ4v) is 3.45. The van der Waals surface area contributed by atoms with E-state index in [-0.39, 0.29) is 12.3 Å². The molecule has 0 bridgehead atoms. The molecule has 1 aliphatic rings. The van der Waals surface area contributed by atoms with E-state index < -0.39 is 35.9 Å². The first kappa shape index (κ1) is 22.6. The lowest BCUT2D eigenvalue weighted by molar-refractivity contribution is -0.137. The molecule has 0 aliphatic carbocycles. The second kappa shape index (κ2) is 9.38. The van der Waals surface area contributed by atoms with Gasteiger partial charge < -0.3 is 15.4 Å². The van der Waals surface area contributed by atoms with Crippen LogP contribution in [0, 0.1) is 0 Å². The molecule has 0 aromatic heterocycles. The van der Waals surface area contributed by atoms with Gasteiger partial charge in [0.2, 0.25) is 11.8 Å². The first-order valence-electron chi connectivity index (χ1n) is 9.81. The smallest absolute Gasteiger partial charge is 0.416 e. The summed E-state index contributed by atoms with van der Waals surface area (Å²) in [4.78, 5) is 24.8. The van der Waals surface area contributed by atoms with Crippen molar-refractivity contribution >= 4 is 11.8 Å². The fourth-order valence-electron chi connectivity index (χ4n) is 3.45. The predicted octanol–water partition coefficient (Wildman–Crippen LogP) is 2.94. The monoisotopic (exact) mass is 435 g/mol. The molecule has 2 aromatic carbocycles. The Morgan fingerprint density at radius 1 is 1.23 bits per heavy atom. The molecule has 3 rings (SSSR count). The number of amides is 2. The average molecular weight is 435 g/mol. The van der Waals surface area contributed by atoms with Crippen LogP contribution in [0.1, 0.15) is 36.1 Å². The van der Waals surface area contributed by atoms with E-state index in [1.165, 1.54) is 12.1 Å². The molecular weight excluding hydrogens is 411 g/mol. The van der Waals surface area contributed by atoms with Gasteiger partial charge in [-0.15, -0.1) is 0 Å². The molecular formula is C22H24F3N3O3. The number of rotatable bonds is 6. The van der Waals surface area contributed by atoms with Crippen LogP contribution in [0.3, 0.4) is 0 Å². The number of carbonyl (C=O) groups is 2. The van der Waals surface area contributed by atoms with Crippen LogP contribution in [-0.2, 0) is 22.2 Å². The lowest BCUT2D eigenvalue weighted by Gasteiger charge is -2.31. The maximum Gasteiger partial charge on any atom is 0.416 e. The highest BCUT2D eigenvalue weighted by Gasteiger charge is 2.32. The highest BCUT2D eigenvalue weighted by atomic mass is 19.4. The molecule has 0 radical (unpaired) electrons. The number of alkyl halides is 3. The first-order chi connectivity index (χ1) is 14.7. The van der Waals surface area contributed by atoms with E-state index in [2.05, 4.69) is 16.0 Å². The van der Waals surface area contributed by atoms with Crippen molar-refractivity contribution in [1.82, 2.24) is 16.0 Å². The van der Waals surface area contributed by atoms with Crippen LogP contribution in [-0.4, -0.2) is 31.1 Å². The highest BCUT2D eigenvalue weighted by Crippen LogP contribution is 2.30. The molecule has 0 spiro atoms. The lowest BCUT2D eigenvalue weighted by atomic mass is 10.0. The Morgan fingerprint density at radius 2 is 1.94 bits per heavy atom. The van der Waals surface area contributed by atoms with Gasteiger partial charge in [-0.05, 0) is 42.3 Å². The molecule has 3 N–H and O–H groups in total. The topological polar surface area (TPSA) is 79.5 Å². The van der Waals surface area contributed by atoms with E-state index in [9.17, 15) is 22.8 Å². The number of benzene rings is 2. The number of nitrogens with one attached hydrogen (secondary N) is 3. The molecule has 2 amide bonds. The van der Waals surface area contributed by atoms with Crippen LogP contribution < -0.4 is 20.7 Å². The van der Waals surface area contributed by atoms with E-state index in [1.807, 2.05) is 24.3 Å². The zero-order valence-corrected chi connectivity index (χ0v) is 17.1. The first-order valence-corrected chi connectivity index (χ1v) is 9.81. The normalized spacial score (nSPS) is 20.0. The third-order valence-electron chi connectivity index (χ3n) is 5.11. The zero-order chi connectivity index (χ0) is 22.6. The van der Waals surface area contributed by atoms with Crippen molar-refractivity contribution in [3.05, 3.63) is 65.2 Å². The molecule has 6 nitrogen and oxygen atoms in total. The Bertz CT molecular complexity index is 932. The van der Waals surface area contributed by atoms with Crippen molar-refractivity contribution in [3.8, 4) is 5.75 Å². The summed E-state index contributed by atoms with van der Waals surface area (Å²) in [5, 5.41) is 8.70. The predicted molar refractivity (Wildman–Crippen MR) is 108 cm³/mol. The van der Waals surface area contributed by atoms with E-state index in [4.69, 9.17) is 4.74 Å². The molecule has 166 valence electrons. The maximum atomic E-state index is 12.7. The summed E-state index contributed by atoms with van der Waals surface area (Å²) in [6.45, 7) is 1.68. The van der Waals surface area contributed by atoms with Crippen LogP contribution >= 0.6 is 0 Å². The molecule has 0 saturated carbocycles. The Labute approximate surface area is 178 Å². The van der Waals surface area contributed by atoms with Gasteiger partial charge in [0.15, 0.2) is 0 Å². The summed E-state index contributed by atoms with van der Waals surface area (Å²) >= 11 is 0. The average Bonchev–Trinajstić information content (AvgIpc) is 2.73. The summed E-state index contributed by atoms with van der Waals surface area (Å²) in [6, 6.07) is 10.8. The van der Waals surface area contributed by atoms with Crippen molar-refractivity contribution in [2.45, 2.75) is 44.2 Å². The molecule has 31 heavy (non-hydrogen) atoms. The molecule has 1 saturated heterocycles. The van der Waals surface area contributed by atoms with Crippen molar-refractivity contribution in [3.63, 3.8) is 0 Å². The molecule has 1 heterocycles. The van der Waals surface area contributed by atoms with Gasteiger partial charge in [0, 0.05) is 6.42 Å². The number of methoxy groups -OCH3 is 1. The van der Waals surface area contributed by atoms with Crippen LogP contribution in [0.25, 0.3) is 0 Å². The second-order valence-electron chi connectivity index (χ2n) is 7.45. The number of halogens is 3. The molecule has 9 heteroatoms. The summed E-state index contributed by atoms with van der Waals surface area (Å²) in [6.07, 6.45) is -4.42. The standard InChI is InChI=1S/C22H24F3N3O3/c1-13(15-6-8-16(9-7-15)22(23,24)25)26-21(30)18-12-20(29)28-19(27-18)11-14-4-3-5-17(10-14)31-2/h3-10,13,18-19,27H,11-12H2,1-2H3,(H,26,30)(H,28,29)/t13-,18?,19?/m1/s1. The minimum atomic E-state index is -4.41. The SMILES string of the molecule is COc1cccc(CC2NC(=O)CC(C(=O)N[C@H](C)c3ccc(C(F)(F)F)cc3)N2)c1. The van der Waals surface area contributed by atoms with Gasteiger partial charge in [0.05, 0.1) is 37.3 Å².